The minimum absolute atomic E-state index is 0.0392. The molecule has 0 spiro atoms. The molecule has 0 aliphatic rings. The molecule has 0 amide bonds. The van der Waals surface area contributed by atoms with Crippen LogP contribution in [0.25, 0.3) is 0 Å². The average Bonchev–Trinajstić information content (AvgIpc) is 2.84. The number of aryl methyl sites for hydroxylation is 1. The van der Waals surface area contributed by atoms with Gasteiger partial charge in [0.05, 0.1) is 6.61 Å². The largest absolute Gasteiger partial charge is 0.396 e. The lowest BCUT2D eigenvalue weighted by molar-refractivity contribution is 0.261. The van der Waals surface area contributed by atoms with Gasteiger partial charge in [-0.3, -0.25) is 4.68 Å². The zero-order valence-electron chi connectivity index (χ0n) is 11.0. The number of nitrogens with zero attached hydrogens (tertiary/aromatic N) is 3. The van der Waals surface area contributed by atoms with Crippen LogP contribution >= 0.6 is 0 Å². The van der Waals surface area contributed by atoms with E-state index in [4.69, 9.17) is 0 Å². The van der Waals surface area contributed by atoms with Crippen molar-refractivity contribution in [1.29, 1.82) is 0 Å². The number of hydrogen-bond donors (Lipinski definition) is 1. The predicted molar refractivity (Wildman–Crippen MR) is 70.2 cm³/mol. The summed E-state index contributed by atoms with van der Waals surface area (Å²) in [6.07, 6.45) is 3.05. The number of aliphatic hydroxyl groups excluding tert-OH is 1. The van der Waals surface area contributed by atoms with E-state index in [2.05, 4.69) is 17.0 Å². The lowest BCUT2D eigenvalue weighted by atomic mass is 9.96. The standard InChI is InChI=1S/C14H18FN3O/c1-2-6-18-14(16-10-17-18)8-12(9-19)11-4-3-5-13(15)7-11/h3-5,7,10,12,19H,2,6,8-9H2,1H3. The Morgan fingerprint density at radius 2 is 2.26 bits per heavy atom. The molecule has 2 aromatic rings. The molecule has 0 saturated carbocycles. The van der Waals surface area contributed by atoms with E-state index in [9.17, 15) is 9.50 Å². The maximum absolute atomic E-state index is 13.2. The van der Waals surface area contributed by atoms with Crippen LogP contribution in [-0.4, -0.2) is 26.5 Å². The normalized spacial score (nSPS) is 12.6. The van der Waals surface area contributed by atoms with Crippen LogP contribution in [0.5, 0.6) is 0 Å². The Morgan fingerprint density at radius 1 is 1.42 bits per heavy atom. The Labute approximate surface area is 111 Å². The molecular formula is C14H18FN3O. The van der Waals surface area contributed by atoms with E-state index in [1.165, 1.54) is 18.5 Å². The first-order chi connectivity index (χ1) is 9.24. The summed E-state index contributed by atoms with van der Waals surface area (Å²) >= 11 is 0. The average molecular weight is 263 g/mol. The topological polar surface area (TPSA) is 50.9 Å². The van der Waals surface area contributed by atoms with Gasteiger partial charge in [0.25, 0.3) is 0 Å². The molecule has 2 rings (SSSR count). The maximum Gasteiger partial charge on any atom is 0.138 e. The summed E-state index contributed by atoms with van der Waals surface area (Å²) in [7, 11) is 0. The Bertz CT molecular complexity index is 527. The third-order valence-corrected chi connectivity index (χ3v) is 3.10. The van der Waals surface area contributed by atoms with Gasteiger partial charge in [-0.25, -0.2) is 9.37 Å². The van der Waals surface area contributed by atoms with Gasteiger partial charge in [-0.05, 0) is 24.1 Å². The number of rotatable bonds is 6. The van der Waals surface area contributed by atoms with Gasteiger partial charge in [-0.15, -0.1) is 0 Å². The first kappa shape index (κ1) is 13.7. The van der Waals surface area contributed by atoms with E-state index in [1.807, 2.05) is 10.7 Å². The number of aliphatic hydroxyl groups is 1. The summed E-state index contributed by atoms with van der Waals surface area (Å²) in [6, 6.07) is 6.34. The molecule has 5 heteroatoms. The second-order valence-electron chi connectivity index (χ2n) is 4.54. The molecule has 19 heavy (non-hydrogen) atoms. The van der Waals surface area contributed by atoms with Crippen molar-refractivity contribution in [3.05, 3.63) is 47.8 Å². The molecule has 1 N–H and O–H groups in total. The van der Waals surface area contributed by atoms with E-state index in [-0.39, 0.29) is 18.3 Å². The summed E-state index contributed by atoms with van der Waals surface area (Å²) in [6.45, 7) is 2.83. The van der Waals surface area contributed by atoms with Crippen LogP contribution in [0.2, 0.25) is 0 Å². The molecule has 0 saturated heterocycles. The molecule has 4 nitrogen and oxygen atoms in total. The van der Waals surface area contributed by atoms with Crippen LogP contribution < -0.4 is 0 Å². The van der Waals surface area contributed by atoms with E-state index in [1.54, 1.807) is 6.07 Å². The van der Waals surface area contributed by atoms with Gasteiger partial charge >= 0.3 is 0 Å². The van der Waals surface area contributed by atoms with Crippen LogP contribution in [0.4, 0.5) is 4.39 Å². The van der Waals surface area contributed by atoms with E-state index in [0.717, 1.165) is 24.4 Å². The van der Waals surface area contributed by atoms with Crippen molar-refractivity contribution < 1.29 is 9.50 Å². The van der Waals surface area contributed by atoms with E-state index in [0.29, 0.717) is 6.42 Å². The van der Waals surface area contributed by atoms with E-state index < -0.39 is 0 Å². The van der Waals surface area contributed by atoms with Crippen LogP contribution in [-0.2, 0) is 13.0 Å². The first-order valence-electron chi connectivity index (χ1n) is 6.47. The van der Waals surface area contributed by atoms with Gasteiger partial charge in [0.2, 0.25) is 0 Å². The van der Waals surface area contributed by atoms with Crippen molar-refractivity contribution in [3.8, 4) is 0 Å². The van der Waals surface area contributed by atoms with Crippen LogP contribution in [0, 0.1) is 5.82 Å². The zero-order chi connectivity index (χ0) is 13.7. The molecule has 1 aromatic carbocycles. The first-order valence-corrected chi connectivity index (χ1v) is 6.47. The second-order valence-corrected chi connectivity index (χ2v) is 4.54. The molecule has 1 atom stereocenters. The molecule has 1 unspecified atom stereocenters. The summed E-state index contributed by atoms with van der Waals surface area (Å²) in [5.41, 5.74) is 0.786. The lowest BCUT2D eigenvalue weighted by Gasteiger charge is -2.14. The third kappa shape index (κ3) is 3.38. The van der Waals surface area contributed by atoms with Gasteiger partial charge in [0.15, 0.2) is 0 Å². The number of hydrogen-bond acceptors (Lipinski definition) is 3. The van der Waals surface area contributed by atoms with Crippen LogP contribution in [0.15, 0.2) is 30.6 Å². The Morgan fingerprint density at radius 3 is 2.95 bits per heavy atom. The van der Waals surface area contributed by atoms with Crippen molar-refractivity contribution in [2.24, 2.45) is 0 Å². The van der Waals surface area contributed by atoms with Gasteiger partial charge in [0.1, 0.15) is 18.0 Å². The highest BCUT2D eigenvalue weighted by Gasteiger charge is 2.15. The highest BCUT2D eigenvalue weighted by molar-refractivity contribution is 5.21. The SMILES string of the molecule is CCCn1ncnc1CC(CO)c1cccc(F)c1. The smallest absolute Gasteiger partial charge is 0.138 e. The molecule has 0 bridgehead atoms. The summed E-state index contributed by atoms with van der Waals surface area (Å²) < 4.78 is 15.1. The van der Waals surface area contributed by atoms with Gasteiger partial charge < -0.3 is 5.11 Å². The molecule has 0 radical (unpaired) electrons. The zero-order valence-corrected chi connectivity index (χ0v) is 11.0. The molecule has 1 aromatic heterocycles. The predicted octanol–water partition coefficient (Wildman–Crippen LogP) is 2.15. The number of benzene rings is 1. The van der Waals surface area contributed by atoms with Crippen molar-refractivity contribution in [1.82, 2.24) is 14.8 Å². The fourth-order valence-electron chi connectivity index (χ4n) is 2.11. The molecule has 1 heterocycles. The van der Waals surface area contributed by atoms with Crippen LogP contribution in [0.1, 0.15) is 30.7 Å². The fourth-order valence-corrected chi connectivity index (χ4v) is 2.11. The quantitative estimate of drug-likeness (QED) is 0.868. The van der Waals surface area contributed by atoms with Crippen molar-refractivity contribution in [2.45, 2.75) is 32.2 Å². The van der Waals surface area contributed by atoms with Crippen LogP contribution in [0.3, 0.4) is 0 Å². The van der Waals surface area contributed by atoms with Gasteiger partial charge in [0, 0.05) is 18.9 Å². The Hall–Kier alpha value is -1.75. The summed E-state index contributed by atoms with van der Waals surface area (Å²) in [4.78, 5) is 4.22. The minimum Gasteiger partial charge on any atom is -0.396 e. The summed E-state index contributed by atoms with van der Waals surface area (Å²) in [5.74, 6) is 0.381. The molecule has 0 aliphatic carbocycles. The number of halogens is 1. The van der Waals surface area contributed by atoms with Crippen molar-refractivity contribution >= 4 is 0 Å². The maximum atomic E-state index is 13.2. The molecule has 102 valence electrons. The van der Waals surface area contributed by atoms with Gasteiger partial charge in [-0.1, -0.05) is 19.1 Å². The van der Waals surface area contributed by atoms with E-state index >= 15 is 0 Å². The Balaban J connectivity index is 2.17. The lowest BCUT2D eigenvalue weighted by Crippen LogP contribution is -2.13. The second kappa shape index (κ2) is 6.43. The van der Waals surface area contributed by atoms with Gasteiger partial charge in [-0.2, -0.15) is 5.10 Å². The monoisotopic (exact) mass is 263 g/mol. The van der Waals surface area contributed by atoms with Crippen molar-refractivity contribution in [2.75, 3.05) is 6.61 Å². The highest BCUT2D eigenvalue weighted by atomic mass is 19.1. The Kier molecular flexibility index (Phi) is 4.63. The number of aromatic nitrogens is 3. The third-order valence-electron chi connectivity index (χ3n) is 3.10. The highest BCUT2D eigenvalue weighted by Crippen LogP contribution is 2.20. The molecule has 0 fully saturated rings. The molecular weight excluding hydrogens is 245 g/mol. The fraction of sp³-hybridized carbons (Fsp3) is 0.429. The minimum atomic E-state index is -0.286. The molecule has 0 aliphatic heterocycles. The summed E-state index contributed by atoms with van der Waals surface area (Å²) in [5, 5.41) is 13.7. The van der Waals surface area contributed by atoms with Crippen molar-refractivity contribution in [3.63, 3.8) is 0 Å².